The number of hydrogen-bond donors (Lipinski definition) is 2. The molecule has 0 fully saturated rings. The highest BCUT2D eigenvalue weighted by Gasteiger charge is 2.17. The lowest BCUT2D eigenvalue weighted by Gasteiger charge is -2.03. The van der Waals surface area contributed by atoms with Crippen molar-refractivity contribution >= 4 is 22.1 Å². The van der Waals surface area contributed by atoms with Crippen LogP contribution in [0.4, 0.5) is 0 Å². The van der Waals surface area contributed by atoms with Crippen LogP contribution in [-0.4, -0.2) is 47.2 Å². The van der Waals surface area contributed by atoms with Crippen molar-refractivity contribution in [3.8, 4) is 39.8 Å². The first-order valence-electron chi connectivity index (χ1n) is 9.90. The van der Waals surface area contributed by atoms with Crippen LogP contribution >= 0.6 is 0 Å². The van der Waals surface area contributed by atoms with Crippen molar-refractivity contribution in [3.05, 3.63) is 67.4 Å². The predicted molar refractivity (Wildman–Crippen MR) is 120 cm³/mol. The van der Waals surface area contributed by atoms with Gasteiger partial charge in [0, 0.05) is 35.1 Å². The topological polar surface area (TPSA) is 118 Å². The van der Waals surface area contributed by atoms with Crippen LogP contribution in [0.5, 0.6) is 5.75 Å². The third kappa shape index (κ3) is 2.95. The Kier molecular flexibility index (Phi) is 4.10. The zero-order valence-electron chi connectivity index (χ0n) is 16.9. The number of H-pyrrole nitrogens is 2. The second-order valence-electron chi connectivity index (χ2n) is 7.16. The molecule has 6 rings (SSSR count). The fraction of sp³-hybridized carbons (Fsp3) is 0.0435. The summed E-state index contributed by atoms with van der Waals surface area (Å²) in [5.41, 5.74) is 6.25. The summed E-state index contributed by atoms with van der Waals surface area (Å²) in [5.74, 6) is 1.28. The summed E-state index contributed by atoms with van der Waals surface area (Å²) in [7, 11) is 1.61. The zero-order valence-corrected chi connectivity index (χ0v) is 16.9. The molecule has 0 aliphatic heterocycles. The molecule has 0 radical (unpaired) electrons. The SMILES string of the molecule is COc1cncc(-c2cc3c(-c4nc5c(-c6ccccn6)ccnc5[nH]4)n[nH]c3cn2)c1. The minimum Gasteiger partial charge on any atom is -0.495 e. The van der Waals surface area contributed by atoms with E-state index in [0.717, 1.165) is 38.9 Å². The van der Waals surface area contributed by atoms with Gasteiger partial charge in [0.2, 0.25) is 0 Å². The Morgan fingerprint density at radius 1 is 0.906 bits per heavy atom. The van der Waals surface area contributed by atoms with Crippen LogP contribution in [-0.2, 0) is 0 Å². The molecule has 0 aliphatic rings. The number of imidazole rings is 1. The van der Waals surface area contributed by atoms with E-state index in [4.69, 9.17) is 9.72 Å². The molecule has 0 unspecified atom stereocenters. The Morgan fingerprint density at radius 3 is 2.75 bits per heavy atom. The normalized spacial score (nSPS) is 11.3. The average Bonchev–Trinajstić information content (AvgIpc) is 3.48. The van der Waals surface area contributed by atoms with Crippen LogP contribution in [0.15, 0.2) is 67.4 Å². The first-order valence-corrected chi connectivity index (χ1v) is 9.90. The molecule has 0 amide bonds. The molecule has 154 valence electrons. The van der Waals surface area contributed by atoms with E-state index in [1.165, 1.54) is 0 Å². The number of ether oxygens (including phenoxy) is 1. The minimum absolute atomic E-state index is 0.614. The van der Waals surface area contributed by atoms with E-state index in [9.17, 15) is 0 Å². The second-order valence-corrected chi connectivity index (χ2v) is 7.16. The molecule has 0 atom stereocenters. The number of rotatable bonds is 4. The molecule has 6 aromatic heterocycles. The number of aromatic nitrogens is 8. The monoisotopic (exact) mass is 420 g/mol. The van der Waals surface area contributed by atoms with Crippen LogP contribution in [0.1, 0.15) is 0 Å². The number of aromatic amines is 2. The van der Waals surface area contributed by atoms with Gasteiger partial charge in [-0.1, -0.05) is 6.07 Å². The molecule has 32 heavy (non-hydrogen) atoms. The molecule has 0 saturated carbocycles. The van der Waals surface area contributed by atoms with Crippen molar-refractivity contribution in [1.82, 2.24) is 40.1 Å². The van der Waals surface area contributed by atoms with Gasteiger partial charge >= 0.3 is 0 Å². The Morgan fingerprint density at radius 2 is 1.88 bits per heavy atom. The number of fused-ring (bicyclic) bond motifs is 2. The number of pyridine rings is 4. The van der Waals surface area contributed by atoms with Crippen molar-refractivity contribution in [2.45, 2.75) is 0 Å². The van der Waals surface area contributed by atoms with Gasteiger partial charge in [0.25, 0.3) is 0 Å². The van der Waals surface area contributed by atoms with Gasteiger partial charge < -0.3 is 9.72 Å². The molecule has 9 nitrogen and oxygen atoms in total. The van der Waals surface area contributed by atoms with E-state index in [-0.39, 0.29) is 0 Å². The van der Waals surface area contributed by atoms with Gasteiger partial charge in [-0.25, -0.2) is 9.97 Å². The van der Waals surface area contributed by atoms with Crippen LogP contribution in [0.2, 0.25) is 0 Å². The van der Waals surface area contributed by atoms with E-state index in [2.05, 4.69) is 35.1 Å². The molecule has 6 heterocycles. The Hall–Kier alpha value is -4.66. The number of nitrogens with zero attached hydrogens (tertiary/aromatic N) is 6. The lowest BCUT2D eigenvalue weighted by Crippen LogP contribution is -1.89. The predicted octanol–water partition coefficient (Wildman–Crippen LogP) is 4.03. The van der Waals surface area contributed by atoms with Crippen molar-refractivity contribution in [3.63, 3.8) is 0 Å². The van der Waals surface area contributed by atoms with Gasteiger partial charge in [0.1, 0.15) is 17.0 Å². The Bertz CT molecular complexity index is 1570. The summed E-state index contributed by atoms with van der Waals surface area (Å²) < 4.78 is 5.29. The summed E-state index contributed by atoms with van der Waals surface area (Å²) in [4.78, 5) is 25.8. The first-order chi connectivity index (χ1) is 15.8. The Labute approximate surface area is 181 Å². The van der Waals surface area contributed by atoms with Crippen LogP contribution in [0.3, 0.4) is 0 Å². The standard InChI is InChI=1S/C23H16N8O/c1-32-14-8-13(10-24-11-14)18-9-16-19(12-27-18)30-31-21(16)23-28-20-15(5-7-26-22(20)29-23)17-4-2-3-6-25-17/h2-12H,1H3,(H,30,31)(H,26,28,29). The highest BCUT2D eigenvalue weighted by atomic mass is 16.5. The van der Waals surface area contributed by atoms with Gasteiger partial charge in [0.15, 0.2) is 11.5 Å². The quantitative estimate of drug-likeness (QED) is 0.442. The van der Waals surface area contributed by atoms with E-state index in [1.807, 2.05) is 36.4 Å². The third-order valence-corrected chi connectivity index (χ3v) is 5.24. The van der Waals surface area contributed by atoms with Gasteiger partial charge in [-0.15, -0.1) is 0 Å². The van der Waals surface area contributed by atoms with Crippen LogP contribution in [0.25, 0.3) is 56.1 Å². The van der Waals surface area contributed by atoms with Crippen LogP contribution < -0.4 is 4.74 Å². The largest absolute Gasteiger partial charge is 0.495 e. The number of nitrogens with one attached hydrogen (secondary N) is 2. The van der Waals surface area contributed by atoms with Gasteiger partial charge in [-0.2, -0.15) is 5.10 Å². The summed E-state index contributed by atoms with van der Waals surface area (Å²) in [6, 6.07) is 11.6. The molecule has 0 aromatic carbocycles. The molecule has 9 heteroatoms. The molecule has 0 bridgehead atoms. The summed E-state index contributed by atoms with van der Waals surface area (Å²) in [6.07, 6.45) is 8.67. The number of methoxy groups -OCH3 is 1. The third-order valence-electron chi connectivity index (χ3n) is 5.24. The van der Waals surface area contributed by atoms with Crippen LogP contribution in [0, 0.1) is 0 Å². The van der Waals surface area contributed by atoms with E-state index >= 15 is 0 Å². The van der Waals surface area contributed by atoms with Crippen molar-refractivity contribution in [2.24, 2.45) is 0 Å². The van der Waals surface area contributed by atoms with E-state index in [0.29, 0.717) is 22.9 Å². The van der Waals surface area contributed by atoms with E-state index < -0.39 is 0 Å². The minimum atomic E-state index is 0.614. The summed E-state index contributed by atoms with van der Waals surface area (Å²) in [5, 5.41) is 8.41. The maximum absolute atomic E-state index is 5.29. The van der Waals surface area contributed by atoms with Crippen molar-refractivity contribution in [2.75, 3.05) is 7.11 Å². The van der Waals surface area contributed by atoms with Crippen molar-refractivity contribution in [1.29, 1.82) is 0 Å². The van der Waals surface area contributed by atoms with Crippen molar-refractivity contribution < 1.29 is 4.74 Å². The number of hydrogen-bond acceptors (Lipinski definition) is 7. The fourth-order valence-electron chi connectivity index (χ4n) is 3.68. The summed E-state index contributed by atoms with van der Waals surface area (Å²) in [6.45, 7) is 0. The fourth-order valence-corrected chi connectivity index (χ4v) is 3.68. The smallest absolute Gasteiger partial charge is 0.160 e. The highest BCUT2D eigenvalue weighted by molar-refractivity contribution is 5.96. The van der Waals surface area contributed by atoms with Gasteiger partial charge in [-0.05, 0) is 30.3 Å². The molecular weight excluding hydrogens is 404 g/mol. The maximum atomic E-state index is 5.29. The summed E-state index contributed by atoms with van der Waals surface area (Å²) >= 11 is 0. The lowest BCUT2D eigenvalue weighted by molar-refractivity contribution is 0.413. The maximum Gasteiger partial charge on any atom is 0.160 e. The second kappa shape index (κ2) is 7.24. The zero-order chi connectivity index (χ0) is 21.5. The lowest BCUT2D eigenvalue weighted by atomic mass is 10.1. The molecule has 0 spiro atoms. The van der Waals surface area contributed by atoms with E-state index in [1.54, 1.807) is 38.1 Å². The molecule has 0 aliphatic carbocycles. The molecule has 6 aromatic rings. The highest BCUT2D eigenvalue weighted by Crippen LogP contribution is 2.31. The molecule has 2 N–H and O–H groups in total. The van der Waals surface area contributed by atoms with Gasteiger partial charge in [-0.3, -0.25) is 20.1 Å². The Balaban J connectivity index is 1.50. The van der Waals surface area contributed by atoms with Gasteiger partial charge in [0.05, 0.1) is 36.4 Å². The molecular formula is C23H16N8O. The first kappa shape index (κ1) is 18.1. The average molecular weight is 420 g/mol. The molecule has 0 saturated heterocycles.